The molecule has 18 heavy (non-hydrogen) atoms. The van der Waals surface area contributed by atoms with Gasteiger partial charge in [0.1, 0.15) is 5.82 Å². The molecule has 0 aromatic heterocycles. The van der Waals surface area contributed by atoms with Crippen LogP contribution in [-0.4, -0.2) is 11.4 Å². The van der Waals surface area contributed by atoms with Crippen LogP contribution in [0.25, 0.3) is 5.70 Å². The highest BCUT2D eigenvalue weighted by Gasteiger charge is 2.19. The van der Waals surface area contributed by atoms with Crippen molar-refractivity contribution >= 4 is 21.6 Å². The average Bonchev–Trinajstić information content (AvgIpc) is 2.33. The first-order valence-corrected chi connectivity index (χ1v) is 6.64. The topological polar surface area (TPSA) is 3.24 Å². The molecule has 1 aromatic rings. The SMILES string of the molecule is C=C1C(Br)=CC=C(c2ccc(F)cc2C)N1CC. The normalized spacial score (nSPS) is 15.6. The van der Waals surface area contributed by atoms with Crippen molar-refractivity contribution in [2.24, 2.45) is 0 Å². The smallest absolute Gasteiger partial charge is 0.123 e. The Morgan fingerprint density at radius 3 is 2.67 bits per heavy atom. The van der Waals surface area contributed by atoms with Crippen molar-refractivity contribution in [2.75, 3.05) is 6.54 Å². The molecular weight excluding hydrogens is 293 g/mol. The van der Waals surface area contributed by atoms with Crippen LogP contribution in [0.15, 0.2) is 47.1 Å². The largest absolute Gasteiger partial charge is 0.341 e. The number of allylic oxidation sites excluding steroid dienone is 3. The van der Waals surface area contributed by atoms with Crippen LogP contribution in [0.4, 0.5) is 4.39 Å². The van der Waals surface area contributed by atoms with Gasteiger partial charge in [-0.2, -0.15) is 0 Å². The molecule has 3 heteroatoms. The summed E-state index contributed by atoms with van der Waals surface area (Å²) in [5, 5.41) is 0. The van der Waals surface area contributed by atoms with Crippen molar-refractivity contribution in [1.82, 2.24) is 4.90 Å². The molecule has 1 heterocycles. The zero-order valence-electron chi connectivity index (χ0n) is 10.5. The van der Waals surface area contributed by atoms with Gasteiger partial charge in [-0.1, -0.05) is 6.58 Å². The molecule has 0 spiro atoms. The van der Waals surface area contributed by atoms with Gasteiger partial charge in [-0.15, -0.1) is 0 Å². The minimum Gasteiger partial charge on any atom is -0.341 e. The second kappa shape index (κ2) is 5.11. The molecule has 0 fully saturated rings. The summed E-state index contributed by atoms with van der Waals surface area (Å²) in [6.07, 6.45) is 4.01. The quantitative estimate of drug-likeness (QED) is 0.771. The minimum absolute atomic E-state index is 0.203. The lowest BCUT2D eigenvalue weighted by molar-refractivity contribution is 0.528. The first kappa shape index (κ1) is 13.1. The van der Waals surface area contributed by atoms with Crippen LogP contribution in [0.5, 0.6) is 0 Å². The van der Waals surface area contributed by atoms with E-state index in [2.05, 4.69) is 34.3 Å². The Morgan fingerprint density at radius 1 is 1.33 bits per heavy atom. The van der Waals surface area contributed by atoms with E-state index in [0.717, 1.165) is 33.5 Å². The molecule has 1 aromatic carbocycles. The van der Waals surface area contributed by atoms with Crippen LogP contribution < -0.4 is 0 Å². The van der Waals surface area contributed by atoms with Gasteiger partial charge in [0, 0.05) is 28.0 Å². The van der Waals surface area contributed by atoms with E-state index >= 15 is 0 Å². The molecule has 0 N–H and O–H groups in total. The zero-order chi connectivity index (χ0) is 13.3. The molecule has 0 amide bonds. The maximum absolute atomic E-state index is 13.2. The highest BCUT2D eigenvalue weighted by atomic mass is 79.9. The van der Waals surface area contributed by atoms with Gasteiger partial charge >= 0.3 is 0 Å². The summed E-state index contributed by atoms with van der Waals surface area (Å²) in [7, 11) is 0. The lowest BCUT2D eigenvalue weighted by Crippen LogP contribution is -2.23. The molecular formula is C15H15BrFN. The van der Waals surface area contributed by atoms with Crippen molar-refractivity contribution in [3.8, 4) is 0 Å². The molecule has 0 aliphatic carbocycles. The van der Waals surface area contributed by atoms with Gasteiger partial charge in [0.25, 0.3) is 0 Å². The number of halogens is 2. The first-order chi connectivity index (χ1) is 8.54. The molecule has 0 bridgehead atoms. The fourth-order valence-electron chi connectivity index (χ4n) is 2.12. The molecule has 2 rings (SSSR count). The van der Waals surface area contributed by atoms with E-state index in [1.54, 1.807) is 6.07 Å². The second-order valence-electron chi connectivity index (χ2n) is 4.22. The summed E-state index contributed by atoms with van der Waals surface area (Å²) < 4.78 is 14.1. The fraction of sp³-hybridized carbons (Fsp3) is 0.200. The van der Waals surface area contributed by atoms with E-state index in [9.17, 15) is 4.39 Å². The van der Waals surface area contributed by atoms with Crippen LogP contribution in [0.3, 0.4) is 0 Å². The fourth-order valence-corrected chi connectivity index (χ4v) is 2.47. The number of nitrogens with zero attached hydrogens (tertiary/aromatic N) is 1. The molecule has 1 aliphatic heterocycles. The van der Waals surface area contributed by atoms with Crippen molar-refractivity contribution in [3.63, 3.8) is 0 Å². The van der Waals surface area contributed by atoms with Crippen LogP contribution in [0, 0.1) is 12.7 Å². The number of likely N-dealkylation sites (N-methyl/N-ethyl adjacent to an activating group) is 1. The minimum atomic E-state index is -0.203. The summed E-state index contributed by atoms with van der Waals surface area (Å²) in [5.41, 5.74) is 3.96. The summed E-state index contributed by atoms with van der Waals surface area (Å²) in [6.45, 7) is 8.88. The van der Waals surface area contributed by atoms with Crippen LogP contribution >= 0.6 is 15.9 Å². The number of hydrogen-bond donors (Lipinski definition) is 0. The molecule has 0 saturated carbocycles. The van der Waals surface area contributed by atoms with E-state index in [1.165, 1.54) is 6.07 Å². The Labute approximate surface area is 115 Å². The van der Waals surface area contributed by atoms with Gasteiger partial charge in [0.15, 0.2) is 0 Å². The Kier molecular flexibility index (Phi) is 3.71. The van der Waals surface area contributed by atoms with E-state index in [-0.39, 0.29) is 5.82 Å². The van der Waals surface area contributed by atoms with Crippen molar-refractivity contribution in [1.29, 1.82) is 0 Å². The van der Waals surface area contributed by atoms with Gasteiger partial charge in [0.2, 0.25) is 0 Å². The molecule has 0 unspecified atom stereocenters. The van der Waals surface area contributed by atoms with Gasteiger partial charge in [0.05, 0.1) is 0 Å². The highest BCUT2D eigenvalue weighted by molar-refractivity contribution is 9.12. The Morgan fingerprint density at radius 2 is 2.06 bits per heavy atom. The number of hydrogen-bond acceptors (Lipinski definition) is 1. The van der Waals surface area contributed by atoms with Gasteiger partial charge < -0.3 is 4.90 Å². The third-order valence-corrected chi connectivity index (χ3v) is 3.78. The molecule has 1 aliphatic rings. The Balaban J connectivity index is 2.52. The zero-order valence-corrected chi connectivity index (χ0v) is 12.1. The maximum atomic E-state index is 13.2. The summed E-state index contributed by atoms with van der Waals surface area (Å²) in [6, 6.07) is 4.87. The Bertz CT molecular complexity index is 558. The molecule has 0 radical (unpaired) electrons. The van der Waals surface area contributed by atoms with Crippen LogP contribution in [-0.2, 0) is 0 Å². The number of aryl methyl sites for hydroxylation is 1. The summed E-state index contributed by atoms with van der Waals surface area (Å²) in [4.78, 5) is 2.12. The first-order valence-electron chi connectivity index (χ1n) is 5.85. The van der Waals surface area contributed by atoms with E-state index in [1.807, 2.05) is 25.1 Å². The maximum Gasteiger partial charge on any atom is 0.123 e. The average molecular weight is 308 g/mol. The molecule has 94 valence electrons. The lowest BCUT2D eigenvalue weighted by atomic mass is 10.0. The molecule has 1 nitrogen and oxygen atoms in total. The van der Waals surface area contributed by atoms with Gasteiger partial charge in [-0.3, -0.25) is 0 Å². The van der Waals surface area contributed by atoms with Gasteiger partial charge in [-0.25, -0.2) is 4.39 Å². The van der Waals surface area contributed by atoms with Crippen LogP contribution in [0.1, 0.15) is 18.1 Å². The van der Waals surface area contributed by atoms with Crippen molar-refractivity contribution in [2.45, 2.75) is 13.8 Å². The van der Waals surface area contributed by atoms with E-state index < -0.39 is 0 Å². The van der Waals surface area contributed by atoms with Crippen LogP contribution in [0.2, 0.25) is 0 Å². The summed E-state index contributed by atoms with van der Waals surface area (Å²) in [5.74, 6) is -0.203. The molecule has 0 atom stereocenters. The van der Waals surface area contributed by atoms with E-state index in [0.29, 0.717) is 0 Å². The van der Waals surface area contributed by atoms with E-state index in [4.69, 9.17) is 0 Å². The predicted octanol–water partition coefficient (Wildman–Crippen LogP) is 4.60. The Hall–Kier alpha value is -1.35. The van der Waals surface area contributed by atoms with Crippen molar-refractivity contribution in [3.05, 3.63) is 64.1 Å². The third kappa shape index (κ3) is 2.27. The third-order valence-electron chi connectivity index (χ3n) is 3.06. The second-order valence-corrected chi connectivity index (χ2v) is 5.07. The van der Waals surface area contributed by atoms with Gasteiger partial charge in [-0.05, 0) is 65.7 Å². The predicted molar refractivity (Wildman–Crippen MR) is 77.6 cm³/mol. The molecule has 0 saturated heterocycles. The highest BCUT2D eigenvalue weighted by Crippen LogP contribution is 2.34. The number of benzene rings is 1. The van der Waals surface area contributed by atoms with Crippen molar-refractivity contribution < 1.29 is 4.39 Å². The lowest BCUT2D eigenvalue weighted by Gasteiger charge is -2.31. The standard InChI is InChI=1S/C15H15BrFN/c1-4-18-11(3)14(16)7-8-15(18)13-6-5-12(17)9-10(13)2/h5-9H,3-4H2,1-2H3. The number of rotatable bonds is 2. The monoisotopic (exact) mass is 307 g/mol. The summed E-state index contributed by atoms with van der Waals surface area (Å²) >= 11 is 3.48.